The molecule has 3 rings (SSSR count). The number of carbonyl (C=O) groups excluding carboxylic acids is 1. The Hall–Kier alpha value is -3.02. The number of aromatic nitrogens is 2. The first kappa shape index (κ1) is 13.9. The molecular formula is C16H13N3O3. The van der Waals surface area contributed by atoms with Gasteiger partial charge in [-0.15, -0.1) is 0 Å². The zero-order chi connectivity index (χ0) is 15.5. The normalized spacial score (nSPS) is 10.6. The summed E-state index contributed by atoms with van der Waals surface area (Å²) in [5, 5.41) is 3.12. The minimum Gasteiger partial charge on any atom is -0.451 e. The van der Waals surface area contributed by atoms with Crippen molar-refractivity contribution in [1.29, 1.82) is 0 Å². The predicted octanol–water partition coefficient (Wildman–Crippen LogP) is 1.82. The second-order valence-electron chi connectivity index (χ2n) is 4.80. The van der Waals surface area contributed by atoms with E-state index in [0.717, 1.165) is 5.69 Å². The third-order valence-corrected chi connectivity index (χ3v) is 3.15. The topological polar surface area (TPSA) is 85.1 Å². The number of para-hydroxylation sites is 1. The number of nitrogens with zero attached hydrogens (tertiary/aromatic N) is 2. The molecule has 6 nitrogen and oxygen atoms in total. The number of nitrogens with one attached hydrogen (secondary N) is 1. The smallest absolute Gasteiger partial charge is 0.287 e. The molecule has 22 heavy (non-hydrogen) atoms. The maximum absolute atomic E-state index is 12.1. The molecule has 0 bridgehead atoms. The van der Waals surface area contributed by atoms with Crippen LogP contribution in [0.3, 0.4) is 0 Å². The second kappa shape index (κ2) is 5.77. The molecule has 1 N–H and O–H groups in total. The van der Waals surface area contributed by atoms with E-state index in [1.807, 2.05) is 6.92 Å². The van der Waals surface area contributed by atoms with E-state index in [1.165, 1.54) is 12.4 Å². The van der Waals surface area contributed by atoms with Crippen molar-refractivity contribution in [3.63, 3.8) is 0 Å². The summed E-state index contributed by atoms with van der Waals surface area (Å²) in [6, 6.07) is 9.78. The number of carbonyl (C=O) groups is 1. The van der Waals surface area contributed by atoms with E-state index in [9.17, 15) is 9.59 Å². The van der Waals surface area contributed by atoms with Crippen LogP contribution in [-0.4, -0.2) is 15.9 Å². The molecule has 110 valence electrons. The Morgan fingerprint density at radius 1 is 1.23 bits per heavy atom. The Balaban J connectivity index is 1.82. The van der Waals surface area contributed by atoms with Crippen molar-refractivity contribution >= 4 is 16.9 Å². The van der Waals surface area contributed by atoms with Gasteiger partial charge in [0.15, 0.2) is 11.2 Å². The fourth-order valence-electron chi connectivity index (χ4n) is 2.08. The lowest BCUT2D eigenvalue weighted by atomic mass is 10.2. The highest BCUT2D eigenvalue weighted by Gasteiger charge is 2.12. The van der Waals surface area contributed by atoms with Crippen LogP contribution in [-0.2, 0) is 6.54 Å². The molecule has 0 unspecified atom stereocenters. The van der Waals surface area contributed by atoms with Crippen molar-refractivity contribution in [2.24, 2.45) is 0 Å². The maximum atomic E-state index is 12.1. The van der Waals surface area contributed by atoms with E-state index in [0.29, 0.717) is 16.7 Å². The number of rotatable bonds is 3. The fraction of sp³-hybridized carbons (Fsp3) is 0.125. The van der Waals surface area contributed by atoms with Gasteiger partial charge in [-0.1, -0.05) is 12.1 Å². The monoisotopic (exact) mass is 295 g/mol. The van der Waals surface area contributed by atoms with Gasteiger partial charge in [-0.05, 0) is 25.1 Å². The predicted molar refractivity (Wildman–Crippen MR) is 80.4 cm³/mol. The molecule has 0 fully saturated rings. The molecule has 0 atom stereocenters. The van der Waals surface area contributed by atoms with Crippen LogP contribution in [0.4, 0.5) is 0 Å². The zero-order valence-electron chi connectivity index (χ0n) is 11.9. The van der Waals surface area contributed by atoms with Crippen molar-refractivity contribution in [3.05, 3.63) is 70.1 Å². The third kappa shape index (κ3) is 2.85. The lowest BCUT2D eigenvalue weighted by Gasteiger charge is -2.05. The van der Waals surface area contributed by atoms with E-state index in [-0.39, 0.29) is 17.7 Å². The molecule has 2 aromatic heterocycles. The van der Waals surface area contributed by atoms with Gasteiger partial charge >= 0.3 is 0 Å². The maximum Gasteiger partial charge on any atom is 0.287 e. The van der Waals surface area contributed by atoms with Crippen LogP contribution in [0.1, 0.15) is 21.9 Å². The highest BCUT2D eigenvalue weighted by Crippen LogP contribution is 2.11. The molecule has 1 amide bonds. The van der Waals surface area contributed by atoms with E-state index < -0.39 is 5.91 Å². The fourth-order valence-corrected chi connectivity index (χ4v) is 2.08. The Morgan fingerprint density at radius 3 is 2.86 bits per heavy atom. The summed E-state index contributed by atoms with van der Waals surface area (Å²) >= 11 is 0. The quantitative estimate of drug-likeness (QED) is 0.796. The average molecular weight is 295 g/mol. The molecule has 0 aliphatic carbocycles. The molecule has 0 spiro atoms. The van der Waals surface area contributed by atoms with Crippen LogP contribution in [0.2, 0.25) is 0 Å². The zero-order valence-corrected chi connectivity index (χ0v) is 11.9. The second-order valence-corrected chi connectivity index (χ2v) is 4.80. The molecule has 0 radical (unpaired) electrons. The summed E-state index contributed by atoms with van der Waals surface area (Å²) in [5.74, 6) is -0.478. The SMILES string of the molecule is Cc1cc(CNC(=O)c2cc(=O)c3ccccc3o2)ncn1. The van der Waals surface area contributed by atoms with Crippen LogP contribution in [0.25, 0.3) is 11.0 Å². The first-order chi connectivity index (χ1) is 10.6. The molecule has 3 aromatic rings. The van der Waals surface area contributed by atoms with Gasteiger partial charge in [-0.25, -0.2) is 9.97 Å². The molecule has 1 aromatic carbocycles. The Kier molecular flexibility index (Phi) is 3.65. The first-order valence-corrected chi connectivity index (χ1v) is 6.72. The van der Waals surface area contributed by atoms with Crippen LogP contribution in [0.15, 0.2) is 51.9 Å². The van der Waals surface area contributed by atoms with E-state index in [2.05, 4.69) is 15.3 Å². The molecule has 0 aliphatic heterocycles. The van der Waals surface area contributed by atoms with E-state index >= 15 is 0 Å². The van der Waals surface area contributed by atoms with Gasteiger partial charge in [0.05, 0.1) is 17.6 Å². The van der Waals surface area contributed by atoms with Crippen molar-refractivity contribution in [3.8, 4) is 0 Å². The van der Waals surface area contributed by atoms with Gasteiger partial charge in [0.25, 0.3) is 5.91 Å². The molecule has 0 saturated heterocycles. The van der Waals surface area contributed by atoms with Crippen molar-refractivity contribution < 1.29 is 9.21 Å². The largest absolute Gasteiger partial charge is 0.451 e. The first-order valence-electron chi connectivity index (χ1n) is 6.72. The number of hydrogen-bond acceptors (Lipinski definition) is 5. The van der Waals surface area contributed by atoms with Gasteiger partial charge in [0.1, 0.15) is 11.9 Å². The third-order valence-electron chi connectivity index (χ3n) is 3.15. The Morgan fingerprint density at radius 2 is 2.05 bits per heavy atom. The Labute approximate surface area is 125 Å². The summed E-state index contributed by atoms with van der Waals surface area (Å²) in [4.78, 5) is 32.1. The van der Waals surface area contributed by atoms with Crippen molar-refractivity contribution in [1.82, 2.24) is 15.3 Å². The van der Waals surface area contributed by atoms with Crippen LogP contribution >= 0.6 is 0 Å². The summed E-state index contributed by atoms with van der Waals surface area (Å²) in [6.45, 7) is 2.08. The molecule has 0 saturated carbocycles. The molecule has 6 heteroatoms. The number of fused-ring (bicyclic) bond motifs is 1. The van der Waals surface area contributed by atoms with Crippen LogP contribution in [0.5, 0.6) is 0 Å². The standard InChI is InChI=1S/C16H13N3O3/c1-10-6-11(19-9-18-10)8-17-16(21)15-7-13(20)12-4-2-3-5-14(12)22-15/h2-7,9H,8H2,1H3,(H,17,21). The van der Waals surface area contributed by atoms with E-state index in [4.69, 9.17) is 4.42 Å². The summed E-state index contributed by atoms with van der Waals surface area (Å²) in [6.07, 6.45) is 1.44. The van der Waals surface area contributed by atoms with Gasteiger partial charge in [0, 0.05) is 11.8 Å². The van der Waals surface area contributed by atoms with Gasteiger partial charge in [-0.3, -0.25) is 9.59 Å². The molecular weight excluding hydrogens is 282 g/mol. The number of hydrogen-bond donors (Lipinski definition) is 1. The van der Waals surface area contributed by atoms with Gasteiger partial charge < -0.3 is 9.73 Å². The average Bonchev–Trinajstić information content (AvgIpc) is 2.52. The number of benzene rings is 1. The highest BCUT2D eigenvalue weighted by atomic mass is 16.3. The molecule has 0 aliphatic rings. The minimum atomic E-state index is -0.459. The number of aryl methyl sites for hydroxylation is 1. The number of amides is 1. The minimum absolute atomic E-state index is 0.0190. The summed E-state index contributed by atoms with van der Waals surface area (Å²) < 4.78 is 5.47. The highest BCUT2D eigenvalue weighted by molar-refractivity contribution is 5.93. The van der Waals surface area contributed by atoms with Gasteiger partial charge in [0.2, 0.25) is 0 Å². The van der Waals surface area contributed by atoms with E-state index in [1.54, 1.807) is 30.3 Å². The van der Waals surface area contributed by atoms with Gasteiger partial charge in [-0.2, -0.15) is 0 Å². The molecule has 2 heterocycles. The lowest BCUT2D eigenvalue weighted by Crippen LogP contribution is -2.24. The summed E-state index contributed by atoms with van der Waals surface area (Å²) in [7, 11) is 0. The Bertz CT molecular complexity index is 902. The van der Waals surface area contributed by atoms with Crippen LogP contribution < -0.4 is 10.7 Å². The lowest BCUT2D eigenvalue weighted by molar-refractivity contribution is 0.0923. The van der Waals surface area contributed by atoms with Crippen LogP contribution in [0, 0.1) is 6.92 Å². The van der Waals surface area contributed by atoms with Crippen molar-refractivity contribution in [2.75, 3.05) is 0 Å². The van der Waals surface area contributed by atoms with Crippen molar-refractivity contribution in [2.45, 2.75) is 13.5 Å². The summed E-state index contributed by atoms with van der Waals surface area (Å²) in [5.41, 5.74) is 1.64.